The van der Waals surface area contributed by atoms with Crippen molar-refractivity contribution in [2.24, 2.45) is 5.92 Å². The molecule has 1 fully saturated rings. The minimum atomic E-state index is -4.21. The van der Waals surface area contributed by atoms with Gasteiger partial charge in [-0.3, -0.25) is 4.72 Å². The summed E-state index contributed by atoms with van der Waals surface area (Å²) < 4.78 is 87.3. The Kier molecular flexibility index (Phi) is 7.68. The summed E-state index contributed by atoms with van der Waals surface area (Å²) in [6.07, 6.45) is -2.92. The predicted octanol–water partition coefficient (Wildman–Crippen LogP) is 7.45. The Balaban J connectivity index is 1.35. The lowest BCUT2D eigenvalue weighted by molar-refractivity contribution is -0.182. The highest BCUT2D eigenvalue weighted by Gasteiger charge is 2.41. The van der Waals surface area contributed by atoms with Crippen molar-refractivity contribution in [2.45, 2.75) is 42.7 Å². The summed E-state index contributed by atoms with van der Waals surface area (Å²) in [5, 5.41) is 9.75. The first-order valence-corrected chi connectivity index (χ1v) is 14.9. The molecule has 0 spiro atoms. The third-order valence-electron chi connectivity index (χ3n) is 7.25. The van der Waals surface area contributed by atoms with E-state index in [0.29, 0.717) is 28.1 Å². The summed E-state index contributed by atoms with van der Waals surface area (Å²) in [6.45, 7) is 0. The quantitative estimate of drug-likeness (QED) is 0.211. The molecule has 1 aliphatic carbocycles. The molecular weight excluding hydrogens is 584 g/mol. The number of carboxylic acid groups (broad SMARTS) is 1. The third-order valence-corrected chi connectivity index (χ3v) is 9.68. The van der Waals surface area contributed by atoms with Crippen LogP contribution in [0.4, 0.5) is 23.2 Å². The Morgan fingerprint density at radius 1 is 1.05 bits per heavy atom. The van der Waals surface area contributed by atoms with Crippen LogP contribution in [0, 0.1) is 11.7 Å². The van der Waals surface area contributed by atoms with Gasteiger partial charge in [0.05, 0.1) is 39.4 Å². The number of methoxy groups -OCH3 is 1. The number of thiazole rings is 1. The smallest absolute Gasteiger partial charge is 0.391 e. The first-order valence-electron chi connectivity index (χ1n) is 12.6. The van der Waals surface area contributed by atoms with Crippen LogP contribution in [0.1, 0.15) is 47.5 Å². The van der Waals surface area contributed by atoms with Crippen LogP contribution in [0.3, 0.4) is 0 Å². The van der Waals surface area contributed by atoms with Crippen LogP contribution < -0.4 is 9.46 Å². The summed E-state index contributed by atoms with van der Waals surface area (Å²) in [4.78, 5) is 15.7. The van der Waals surface area contributed by atoms with Crippen molar-refractivity contribution in [3.05, 3.63) is 71.5 Å². The number of aromatic carboxylic acids is 1. The molecule has 0 bridgehead atoms. The second-order valence-corrected chi connectivity index (χ2v) is 12.5. The molecule has 2 N–H and O–H groups in total. The summed E-state index contributed by atoms with van der Waals surface area (Å²) in [6, 6.07) is 13.5. The largest absolute Gasteiger partial charge is 0.495 e. The van der Waals surface area contributed by atoms with Gasteiger partial charge in [-0.05, 0) is 61.4 Å². The molecule has 0 radical (unpaired) electrons. The number of hydrogen-bond donors (Lipinski definition) is 2. The Bertz CT molecular complexity index is 1710. The van der Waals surface area contributed by atoms with E-state index in [1.54, 1.807) is 6.07 Å². The molecule has 1 saturated carbocycles. The Hall–Kier alpha value is -3.71. The first-order chi connectivity index (χ1) is 19.4. The van der Waals surface area contributed by atoms with E-state index in [2.05, 4.69) is 9.71 Å². The van der Waals surface area contributed by atoms with E-state index >= 15 is 0 Å². The molecule has 1 heterocycles. The summed E-state index contributed by atoms with van der Waals surface area (Å²) in [5.74, 6) is -3.97. The molecule has 13 heteroatoms. The van der Waals surface area contributed by atoms with Gasteiger partial charge < -0.3 is 9.84 Å². The molecule has 0 amide bonds. The number of fused-ring (bicyclic) bond motifs is 1. The van der Waals surface area contributed by atoms with Crippen molar-refractivity contribution >= 4 is 43.2 Å². The number of anilines is 1. The van der Waals surface area contributed by atoms with Crippen LogP contribution in [0.15, 0.2) is 59.5 Å². The number of sulfonamides is 1. The maximum absolute atomic E-state index is 14.2. The predicted molar refractivity (Wildman–Crippen MR) is 147 cm³/mol. The molecule has 4 aromatic rings. The highest BCUT2D eigenvalue weighted by molar-refractivity contribution is 7.92. The lowest BCUT2D eigenvalue weighted by atomic mass is 9.78. The minimum Gasteiger partial charge on any atom is -0.495 e. The molecule has 3 aromatic carbocycles. The zero-order valence-electron chi connectivity index (χ0n) is 21.5. The number of nitrogens with one attached hydrogen (secondary N) is 1. The number of aromatic nitrogens is 1. The van der Waals surface area contributed by atoms with E-state index in [0.717, 1.165) is 23.3 Å². The van der Waals surface area contributed by atoms with E-state index in [1.807, 2.05) is 24.3 Å². The normalized spacial score (nSPS) is 17.9. The monoisotopic (exact) mass is 608 g/mol. The molecule has 1 aromatic heterocycles. The van der Waals surface area contributed by atoms with Crippen LogP contribution in [0.25, 0.3) is 20.8 Å². The van der Waals surface area contributed by atoms with Crippen LogP contribution in [0.2, 0.25) is 0 Å². The number of alkyl halides is 3. The molecule has 1 aliphatic rings. The fourth-order valence-electron chi connectivity index (χ4n) is 5.02. The SMILES string of the molecule is COc1cc(C(=O)O)c(F)cc1NS(=O)(=O)c1ccc2nc(-c3ccc([C@H]4CC[C@H](C(F)(F)F)CC4)cc3)sc2c1. The standard InChI is InChI=1S/C28H24F4N2O5S2/c1-39-24-13-20(27(35)36)21(29)14-23(24)34-41(37,38)19-10-11-22-25(12-19)40-26(33-22)17-4-2-15(3-5-17)16-6-8-18(9-7-16)28(30,31)32/h2-5,10-14,16,18,34H,6-9H2,1H3,(H,35,36)/t16-,18-. The van der Waals surface area contributed by atoms with Crippen molar-refractivity contribution < 1.29 is 40.6 Å². The van der Waals surface area contributed by atoms with E-state index in [9.17, 15) is 30.8 Å². The number of halogens is 4. The fraction of sp³-hybridized carbons (Fsp3) is 0.286. The number of carbonyl (C=O) groups is 1. The molecule has 0 unspecified atom stereocenters. The number of ether oxygens (including phenoxy) is 1. The van der Waals surface area contributed by atoms with Crippen molar-refractivity contribution in [2.75, 3.05) is 11.8 Å². The minimum absolute atomic E-state index is 0.0747. The van der Waals surface area contributed by atoms with Gasteiger partial charge >= 0.3 is 12.1 Å². The van der Waals surface area contributed by atoms with Gasteiger partial charge in [0.15, 0.2) is 0 Å². The molecule has 0 atom stereocenters. The van der Waals surface area contributed by atoms with Crippen LogP contribution in [-0.2, 0) is 10.0 Å². The Labute approximate surface area is 236 Å². The van der Waals surface area contributed by atoms with E-state index in [4.69, 9.17) is 9.84 Å². The van der Waals surface area contributed by atoms with Gasteiger partial charge in [0.25, 0.3) is 10.0 Å². The average Bonchev–Trinajstić information content (AvgIpc) is 3.36. The van der Waals surface area contributed by atoms with Crippen molar-refractivity contribution in [1.82, 2.24) is 4.98 Å². The Morgan fingerprint density at radius 3 is 2.34 bits per heavy atom. The molecule has 0 saturated heterocycles. The number of hydrogen-bond acceptors (Lipinski definition) is 6. The number of rotatable bonds is 7. The van der Waals surface area contributed by atoms with Crippen LogP contribution in [-0.4, -0.2) is 37.8 Å². The molecular formula is C28H24F4N2O5S2. The average molecular weight is 609 g/mol. The van der Waals surface area contributed by atoms with Gasteiger partial charge in [-0.2, -0.15) is 13.2 Å². The second-order valence-electron chi connectivity index (χ2n) is 9.80. The van der Waals surface area contributed by atoms with E-state index < -0.39 is 39.5 Å². The topological polar surface area (TPSA) is 106 Å². The summed E-state index contributed by atoms with van der Waals surface area (Å²) in [7, 11) is -3.01. The summed E-state index contributed by atoms with van der Waals surface area (Å²) in [5.41, 5.74) is 1.42. The molecule has 5 rings (SSSR count). The number of benzene rings is 3. The van der Waals surface area contributed by atoms with E-state index in [-0.39, 0.29) is 35.1 Å². The third kappa shape index (κ3) is 6.01. The first kappa shape index (κ1) is 28.8. The van der Waals surface area contributed by atoms with Gasteiger partial charge in [0, 0.05) is 11.6 Å². The van der Waals surface area contributed by atoms with Gasteiger partial charge in [0.2, 0.25) is 0 Å². The highest BCUT2D eigenvalue weighted by atomic mass is 32.2. The Morgan fingerprint density at radius 2 is 1.73 bits per heavy atom. The zero-order chi connectivity index (χ0) is 29.5. The van der Waals surface area contributed by atoms with Crippen molar-refractivity contribution in [3.8, 4) is 16.3 Å². The lowest BCUT2D eigenvalue weighted by Crippen LogP contribution is -2.27. The zero-order valence-corrected chi connectivity index (χ0v) is 23.2. The lowest BCUT2D eigenvalue weighted by Gasteiger charge is -2.30. The van der Waals surface area contributed by atoms with Crippen LogP contribution in [0.5, 0.6) is 5.75 Å². The van der Waals surface area contributed by atoms with Crippen molar-refractivity contribution in [1.29, 1.82) is 0 Å². The van der Waals surface area contributed by atoms with Crippen molar-refractivity contribution in [3.63, 3.8) is 0 Å². The molecule has 41 heavy (non-hydrogen) atoms. The van der Waals surface area contributed by atoms with Gasteiger partial charge in [-0.25, -0.2) is 22.6 Å². The number of carboxylic acids is 1. The maximum Gasteiger partial charge on any atom is 0.391 e. The van der Waals surface area contributed by atoms with Gasteiger partial charge in [-0.15, -0.1) is 11.3 Å². The molecule has 7 nitrogen and oxygen atoms in total. The van der Waals surface area contributed by atoms with Gasteiger partial charge in [-0.1, -0.05) is 24.3 Å². The second kappa shape index (κ2) is 10.9. The summed E-state index contributed by atoms with van der Waals surface area (Å²) >= 11 is 1.27. The highest BCUT2D eigenvalue weighted by Crippen LogP contribution is 2.43. The van der Waals surface area contributed by atoms with Crippen LogP contribution >= 0.6 is 11.3 Å². The fourth-order valence-corrected chi connectivity index (χ4v) is 7.19. The van der Waals surface area contributed by atoms with Gasteiger partial charge in [0.1, 0.15) is 16.6 Å². The number of nitrogens with zero attached hydrogens (tertiary/aromatic N) is 1. The van der Waals surface area contributed by atoms with E-state index in [1.165, 1.54) is 30.6 Å². The molecule has 216 valence electrons. The molecule has 0 aliphatic heterocycles. The maximum atomic E-state index is 14.2.